The molecule has 0 saturated carbocycles. The van der Waals surface area contributed by atoms with E-state index in [0.29, 0.717) is 23.5 Å². The largest absolute Gasteiger partial charge is 1.00 e. The molecule has 1 unspecified atom stereocenters. The van der Waals surface area contributed by atoms with E-state index in [1.54, 1.807) is 19.9 Å². The van der Waals surface area contributed by atoms with Crippen molar-refractivity contribution in [2.45, 2.75) is 51.6 Å². The number of nitrogens with zero attached hydrogens (tertiary/aromatic N) is 1. The first-order chi connectivity index (χ1) is 21.0. The van der Waals surface area contributed by atoms with E-state index in [1.807, 2.05) is 26.0 Å². The first-order valence-corrected chi connectivity index (χ1v) is 14.7. The molecule has 0 spiro atoms. The summed E-state index contributed by atoms with van der Waals surface area (Å²) in [4.78, 5) is 37.8. The molecular formula is C35H40ClN3O6. The number of methoxy groups -OCH3 is 1. The summed E-state index contributed by atoms with van der Waals surface area (Å²) < 4.78 is 11.1. The fraction of sp³-hybridized carbons (Fsp3) is 0.314. The fourth-order valence-corrected chi connectivity index (χ4v) is 5.77. The number of ether oxygens (including phenoxy) is 2. The van der Waals surface area contributed by atoms with Gasteiger partial charge in [-0.1, -0.05) is 72.8 Å². The summed E-state index contributed by atoms with van der Waals surface area (Å²) in [6.07, 6.45) is 0.896. The number of nitro groups is 1. The van der Waals surface area contributed by atoms with E-state index in [4.69, 9.17) is 9.47 Å². The second kappa shape index (κ2) is 15.5. The van der Waals surface area contributed by atoms with Gasteiger partial charge in [-0.3, -0.25) is 10.1 Å². The highest BCUT2D eigenvalue weighted by Crippen LogP contribution is 2.40. The number of non-ortho nitro benzene ring substituents is 1. The zero-order chi connectivity index (χ0) is 31.9. The van der Waals surface area contributed by atoms with Gasteiger partial charge in [0.2, 0.25) is 0 Å². The minimum Gasteiger partial charge on any atom is -1.00 e. The third kappa shape index (κ3) is 8.59. The van der Waals surface area contributed by atoms with Crippen molar-refractivity contribution in [2.24, 2.45) is 0 Å². The maximum atomic E-state index is 13.9. The topological polar surface area (TPSA) is 124 Å². The molecule has 0 aliphatic carbocycles. The Hall–Kier alpha value is -4.47. The molecule has 10 heteroatoms. The average Bonchev–Trinajstić information content (AvgIpc) is 3.01. The summed E-state index contributed by atoms with van der Waals surface area (Å²) in [5.74, 6) is -1.91. The number of nitrogens with two attached hydrogens (primary N) is 1. The smallest absolute Gasteiger partial charge is 0.337 e. The van der Waals surface area contributed by atoms with Crippen LogP contribution in [0.4, 0.5) is 5.69 Å². The van der Waals surface area contributed by atoms with E-state index in [0.717, 1.165) is 13.0 Å². The van der Waals surface area contributed by atoms with Crippen molar-refractivity contribution in [3.8, 4) is 0 Å². The van der Waals surface area contributed by atoms with E-state index in [-0.39, 0.29) is 35.2 Å². The zero-order valence-corrected chi connectivity index (χ0v) is 27.0. The van der Waals surface area contributed by atoms with Crippen LogP contribution in [-0.2, 0) is 19.1 Å². The van der Waals surface area contributed by atoms with Crippen LogP contribution in [0.2, 0.25) is 0 Å². The van der Waals surface area contributed by atoms with Crippen molar-refractivity contribution in [1.29, 1.82) is 0 Å². The van der Waals surface area contributed by atoms with Gasteiger partial charge in [-0.15, -0.1) is 0 Å². The zero-order valence-electron chi connectivity index (χ0n) is 26.2. The van der Waals surface area contributed by atoms with Gasteiger partial charge in [0, 0.05) is 35.9 Å². The highest BCUT2D eigenvalue weighted by molar-refractivity contribution is 6.00. The lowest BCUT2D eigenvalue weighted by Gasteiger charge is -2.32. The van der Waals surface area contributed by atoms with Gasteiger partial charge >= 0.3 is 11.9 Å². The van der Waals surface area contributed by atoms with Crippen molar-refractivity contribution < 1.29 is 41.7 Å². The number of hydrogen-bond acceptors (Lipinski definition) is 7. The Balaban J connectivity index is 0.00000552. The Bertz CT molecular complexity index is 1530. The Labute approximate surface area is 270 Å². The molecule has 45 heavy (non-hydrogen) atoms. The molecule has 0 saturated heterocycles. The van der Waals surface area contributed by atoms with E-state index in [9.17, 15) is 19.7 Å². The molecule has 0 radical (unpaired) electrons. The molecule has 238 valence electrons. The fourth-order valence-electron chi connectivity index (χ4n) is 5.77. The monoisotopic (exact) mass is 633 g/mol. The molecule has 1 atom stereocenters. The minimum atomic E-state index is -0.909. The number of esters is 2. The molecule has 3 aromatic carbocycles. The number of halogens is 1. The molecule has 3 aromatic rings. The SMILES string of the molecule is COC(=O)C1=C(C)NC(C)=C(C(=O)OC(C)(C)C[NH2+]CCC(c2ccccc2)c2ccccc2)C1c1cccc([N+](=O)[O-])c1.[Cl-]. The van der Waals surface area contributed by atoms with Crippen molar-refractivity contribution in [3.05, 3.63) is 134 Å². The lowest BCUT2D eigenvalue weighted by molar-refractivity contribution is -0.666. The van der Waals surface area contributed by atoms with Gasteiger partial charge in [0.1, 0.15) is 6.54 Å². The maximum absolute atomic E-state index is 13.9. The molecule has 0 aromatic heterocycles. The van der Waals surface area contributed by atoms with E-state index >= 15 is 0 Å². The van der Waals surface area contributed by atoms with Gasteiger partial charge in [0.05, 0.1) is 35.6 Å². The Morgan fingerprint density at radius 2 is 1.47 bits per heavy atom. The lowest BCUT2D eigenvalue weighted by Crippen LogP contribution is -3.00. The van der Waals surface area contributed by atoms with Crippen LogP contribution in [0.5, 0.6) is 0 Å². The number of hydrogen-bond donors (Lipinski definition) is 2. The number of rotatable bonds is 12. The number of benzene rings is 3. The number of carbonyl (C=O) groups excluding carboxylic acids is 2. The molecule has 3 N–H and O–H groups in total. The number of carbonyl (C=O) groups is 2. The predicted octanol–water partition coefficient (Wildman–Crippen LogP) is 2.11. The molecular weight excluding hydrogens is 594 g/mol. The maximum Gasteiger partial charge on any atom is 0.337 e. The van der Waals surface area contributed by atoms with Crippen LogP contribution >= 0.6 is 0 Å². The molecule has 9 nitrogen and oxygen atoms in total. The molecule has 1 aliphatic rings. The van der Waals surface area contributed by atoms with Crippen LogP contribution in [0.25, 0.3) is 0 Å². The number of dihydropyridines is 1. The van der Waals surface area contributed by atoms with Gasteiger partial charge < -0.3 is 32.5 Å². The molecule has 4 rings (SSSR count). The number of quaternary nitrogens is 1. The van der Waals surface area contributed by atoms with Crippen LogP contribution < -0.4 is 23.0 Å². The average molecular weight is 634 g/mol. The quantitative estimate of drug-likeness (QED) is 0.136. The van der Waals surface area contributed by atoms with Gasteiger partial charge in [-0.05, 0) is 44.4 Å². The second-order valence-corrected chi connectivity index (χ2v) is 11.6. The van der Waals surface area contributed by atoms with Crippen molar-refractivity contribution in [1.82, 2.24) is 5.32 Å². The Morgan fingerprint density at radius 1 is 0.911 bits per heavy atom. The number of nitro benzene ring substituents is 1. The first-order valence-electron chi connectivity index (χ1n) is 14.7. The molecule has 1 aliphatic heterocycles. The van der Waals surface area contributed by atoms with E-state index < -0.39 is 28.4 Å². The minimum absolute atomic E-state index is 0. The van der Waals surface area contributed by atoms with Crippen molar-refractivity contribution >= 4 is 17.6 Å². The van der Waals surface area contributed by atoms with Crippen LogP contribution in [0.1, 0.15) is 62.6 Å². The lowest BCUT2D eigenvalue weighted by atomic mass is 9.80. The van der Waals surface area contributed by atoms with Crippen LogP contribution in [-0.4, -0.2) is 42.7 Å². The summed E-state index contributed by atoms with van der Waals surface area (Å²) in [7, 11) is 1.26. The number of nitrogens with one attached hydrogen (secondary N) is 1. The van der Waals surface area contributed by atoms with Gasteiger partial charge in [0.25, 0.3) is 5.69 Å². The van der Waals surface area contributed by atoms with Gasteiger partial charge in [-0.2, -0.15) is 0 Å². The van der Waals surface area contributed by atoms with Crippen LogP contribution in [0, 0.1) is 10.1 Å². The Morgan fingerprint density at radius 3 is 2.00 bits per heavy atom. The standard InChI is InChI=1S/C35H39N3O6.ClH/c1-23-30(33(39)43-5)32(27-17-12-18-28(21-27)38(41)42)31(24(2)37-23)34(40)44-35(3,4)22-36-20-19-29(25-13-8-6-9-14-25)26-15-10-7-11-16-26;/h6-18,21,29,32,36-37H,19-20,22H2,1-5H3;1H. The number of allylic oxidation sites excluding steroid dienone is 2. The summed E-state index contributed by atoms with van der Waals surface area (Å²) in [5, 5.41) is 16.8. The molecule has 0 fully saturated rings. The van der Waals surface area contributed by atoms with Gasteiger partial charge in [-0.25, -0.2) is 9.59 Å². The summed E-state index contributed by atoms with van der Waals surface area (Å²) in [6, 6.07) is 26.8. The summed E-state index contributed by atoms with van der Waals surface area (Å²) >= 11 is 0. The van der Waals surface area contributed by atoms with Crippen molar-refractivity contribution in [2.75, 3.05) is 20.2 Å². The highest BCUT2D eigenvalue weighted by Gasteiger charge is 2.40. The summed E-state index contributed by atoms with van der Waals surface area (Å²) in [5.41, 5.74) is 3.33. The normalized spacial score (nSPS) is 14.8. The van der Waals surface area contributed by atoms with Gasteiger partial charge in [0.15, 0.2) is 5.60 Å². The predicted molar refractivity (Wildman–Crippen MR) is 168 cm³/mol. The second-order valence-electron chi connectivity index (χ2n) is 11.6. The van der Waals surface area contributed by atoms with Crippen molar-refractivity contribution in [3.63, 3.8) is 0 Å². The molecule has 0 amide bonds. The van der Waals surface area contributed by atoms with E-state index in [2.05, 4.69) is 59.2 Å². The third-order valence-electron chi connectivity index (χ3n) is 7.87. The molecule has 1 heterocycles. The first kappa shape index (κ1) is 35.0. The van der Waals surface area contributed by atoms with Crippen LogP contribution in [0.15, 0.2) is 107 Å². The van der Waals surface area contributed by atoms with Crippen LogP contribution in [0.3, 0.4) is 0 Å². The Kier molecular flexibility index (Phi) is 12.1. The molecule has 0 bridgehead atoms. The highest BCUT2D eigenvalue weighted by atomic mass is 35.5. The summed E-state index contributed by atoms with van der Waals surface area (Å²) in [6.45, 7) is 8.46. The third-order valence-corrected chi connectivity index (χ3v) is 7.87. The van der Waals surface area contributed by atoms with E-state index in [1.165, 1.54) is 36.4 Å².